The van der Waals surface area contributed by atoms with E-state index in [1.165, 1.54) is 16.8 Å². The maximum absolute atomic E-state index is 13.0. The Morgan fingerprint density at radius 3 is 2.35 bits per heavy atom. The maximum atomic E-state index is 13.0. The molecule has 1 aromatic rings. The van der Waals surface area contributed by atoms with Crippen LogP contribution in [0.4, 0.5) is 5.69 Å². The molecule has 0 spiro atoms. The van der Waals surface area contributed by atoms with Crippen molar-refractivity contribution in [2.24, 2.45) is 11.8 Å². The highest BCUT2D eigenvalue weighted by Gasteiger charge is 2.54. The second kappa shape index (κ2) is 6.43. The number of fused-ring (bicyclic) bond motifs is 2. The Labute approximate surface area is 153 Å². The zero-order valence-corrected chi connectivity index (χ0v) is 15.1. The van der Waals surface area contributed by atoms with Gasteiger partial charge in [-0.1, -0.05) is 24.3 Å². The van der Waals surface area contributed by atoms with Crippen LogP contribution in [-0.4, -0.2) is 60.3 Å². The topological polar surface area (TPSA) is 70.1 Å². The molecular formula is C20H24N2O4. The smallest absolute Gasteiger partial charge is 0.310 e. The van der Waals surface area contributed by atoms with Crippen molar-refractivity contribution in [1.29, 1.82) is 0 Å². The van der Waals surface area contributed by atoms with Crippen LogP contribution in [0.25, 0.3) is 0 Å². The van der Waals surface area contributed by atoms with Gasteiger partial charge in [-0.3, -0.25) is 9.59 Å². The van der Waals surface area contributed by atoms with E-state index < -0.39 is 30.0 Å². The van der Waals surface area contributed by atoms with Gasteiger partial charge >= 0.3 is 5.97 Å². The summed E-state index contributed by atoms with van der Waals surface area (Å²) in [5.41, 5.74) is 3.74. The first-order chi connectivity index (χ1) is 12.5. The Morgan fingerprint density at radius 2 is 1.69 bits per heavy atom. The molecule has 1 aromatic carbocycles. The number of hydrogen-bond acceptors (Lipinski definition) is 4. The predicted octanol–water partition coefficient (Wildman–Crippen LogP) is 1.61. The molecule has 2 saturated heterocycles. The number of carbonyl (C=O) groups is 2. The van der Waals surface area contributed by atoms with E-state index in [1.54, 1.807) is 11.0 Å². The molecule has 0 unspecified atom stereocenters. The number of nitrogens with zero attached hydrogens (tertiary/aromatic N) is 2. The third kappa shape index (κ3) is 2.69. The molecule has 4 rings (SSSR count). The first-order valence-corrected chi connectivity index (χ1v) is 9.14. The average Bonchev–Trinajstić information content (AvgIpc) is 3.25. The molecule has 2 bridgehead atoms. The number of carboxylic acid groups (broad SMARTS) is 1. The van der Waals surface area contributed by atoms with E-state index in [1.807, 2.05) is 6.08 Å². The van der Waals surface area contributed by atoms with Crippen LogP contribution in [0.15, 0.2) is 30.4 Å². The fourth-order valence-corrected chi connectivity index (χ4v) is 4.35. The molecular weight excluding hydrogens is 332 g/mol. The van der Waals surface area contributed by atoms with Crippen molar-refractivity contribution >= 4 is 17.6 Å². The second-order valence-electron chi connectivity index (χ2n) is 7.37. The van der Waals surface area contributed by atoms with E-state index in [0.717, 1.165) is 13.1 Å². The molecule has 26 heavy (non-hydrogen) atoms. The first kappa shape index (κ1) is 17.1. The van der Waals surface area contributed by atoms with E-state index in [9.17, 15) is 14.7 Å². The molecule has 0 aromatic heterocycles. The zero-order valence-electron chi connectivity index (χ0n) is 15.1. The van der Waals surface area contributed by atoms with Gasteiger partial charge in [0.1, 0.15) is 5.92 Å². The number of anilines is 1. The highest BCUT2D eigenvalue weighted by molar-refractivity contribution is 5.87. The van der Waals surface area contributed by atoms with Gasteiger partial charge in [-0.05, 0) is 31.0 Å². The van der Waals surface area contributed by atoms with Crippen molar-refractivity contribution < 1.29 is 19.4 Å². The van der Waals surface area contributed by atoms with E-state index in [4.69, 9.17) is 4.74 Å². The molecule has 1 N–H and O–H groups in total. The SMILES string of the molecule is Cc1cccc(N2CCN(C(=O)[C@H]3[C@H](C(=O)O)[C@H]4C=C[C@H]3O4)CC2)c1C. The summed E-state index contributed by atoms with van der Waals surface area (Å²) in [5.74, 6) is -2.41. The first-order valence-electron chi connectivity index (χ1n) is 9.14. The fourth-order valence-electron chi connectivity index (χ4n) is 4.35. The Morgan fingerprint density at radius 1 is 1.04 bits per heavy atom. The Balaban J connectivity index is 1.45. The summed E-state index contributed by atoms with van der Waals surface area (Å²) < 4.78 is 5.64. The number of rotatable bonds is 3. The molecule has 6 heteroatoms. The van der Waals surface area contributed by atoms with Crippen LogP contribution in [0.3, 0.4) is 0 Å². The van der Waals surface area contributed by atoms with Gasteiger partial charge in [-0.25, -0.2) is 0 Å². The predicted molar refractivity (Wildman–Crippen MR) is 97.1 cm³/mol. The number of ether oxygens (including phenoxy) is 1. The molecule has 2 fully saturated rings. The quantitative estimate of drug-likeness (QED) is 0.833. The number of aryl methyl sites for hydroxylation is 1. The summed E-state index contributed by atoms with van der Waals surface area (Å²) in [6.07, 6.45) is 2.73. The summed E-state index contributed by atoms with van der Waals surface area (Å²) >= 11 is 0. The van der Waals surface area contributed by atoms with Gasteiger partial charge < -0.3 is 19.6 Å². The molecule has 3 aliphatic rings. The van der Waals surface area contributed by atoms with Crippen LogP contribution < -0.4 is 4.90 Å². The van der Waals surface area contributed by atoms with Crippen molar-refractivity contribution in [2.75, 3.05) is 31.1 Å². The minimum absolute atomic E-state index is 0.0881. The van der Waals surface area contributed by atoms with Crippen LogP contribution in [0.2, 0.25) is 0 Å². The standard InChI is InChI=1S/C20H24N2O4/c1-12-4-3-5-14(13(12)2)21-8-10-22(11-9-21)19(23)17-15-6-7-16(26-15)18(17)20(24)25/h3-7,15-18H,8-11H2,1-2H3,(H,24,25)/t15-,16-,17-,18-/m1/s1. The Hall–Kier alpha value is -2.34. The third-order valence-corrected chi connectivity index (χ3v) is 5.98. The monoisotopic (exact) mass is 356 g/mol. The number of aliphatic carboxylic acids is 1. The zero-order chi connectivity index (χ0) is 18.4. The number of hydrogen-bond donors (Lipinski definition) is 1. The van der Waals surface area contributed by atoms with Crippen LogP contribution >= 0.6 is 0 Å². The van der Waals surface area contributed by atoms with E-state index in [0.29, 0.717) is 13.1 Å². The molecule has 4 atom stereocenters. The van der Waals surface area contributed by atoms with Gasteiger partial charge in [-0.2, -0.15) is 0 Å². The molecule has 0 saturated carbocycles. The average molecular weight is 356 g/mol. The third-order valence-electron chi connectivity index (χ3n) is 5.98. The van der Waals surface area contributed by atoms with Crippen molar-refractivity contribution in [3.63, 3.8) is 0 Å². The van der Waals surface area contributed by atoms with Gasteiger partial charge in [0.2, 0.25) is 5.91 Å². The summed E-state index contributed by atoms with van der Waals surface area (Å²) in [5, 5.41) is 9.51. The summed E-state index contributed by atoms with van der Waals surface area (Å²) in [6.45, 7) is 6.95. The molecule has 3 aliphatic heterocycles. The number of piperazine rings is 1. The van der Waals surface area contributed by atoms with Gasteiger partial charge in [0.25, 0.3) is 0 Å². The molecule has 0 radical (unpaired) electrons. The van der Waals surface area contributed by atoms with Crippen molar-refractivity contribution in [1.82, 2.24) is 4.90 Å². The summed E-state index contributed by atoms with van der Waals surface area (Å²) in [7, 11) is 0. The second-order valence-corrected chi connectivity index (χ2v) is 7.37. The number of carbonyl (C=O) groups excluding carboxylic acids is 1. The lowest BCUT2D eigenvalue weighted by Gasteiger charge is -2.39. The summed E-state index contributed by atoms with van der Waals surface area (Å²) in [4.78, 5) is 28.7. The van der Waals surface area contributed by atoms with Crippen molar-refractivity contribution in [3.8, 4) is 0 Å². The Bertz CT molecular complexity index is 767. The van der Waals surface area contributed by atoms with Crippen LogP contribution in [0.5, 0.6) is 0 Å². The van der Waals surface area contributed by atoms with E-state index in [-0.39, 0.29) is 5.91 Å². The van der Waals surface area contributed by atoms with Gasteiger partial charge in [0, 0.05) is 31.9 Å². The lowest BCUT2D eigenvalue weighted by Crippen LogP contribution is -2.53. The van der Waals surface area contributed by atoms with Gasteiger partial charge in [0.15, 0.2) is 0 Å². The lowest BCUT2D eigenvalue weighted by atomic mass is 9.82. The minimum Gasteiger partial charge on any atom is -0.481 e. The summed E-state index contributed by atoms with van der Waals surface area (Å²) in [6, 6.07) is 6.29. The van der Waals surface area contributed by atoms with Crippen LogP contribution in [0, 0.1) is 25.7 Å². The van der Waals surface area contributed by atoms with Gasteiger partial charge in [-0.15, -0.1) is 0 Å². The lowest BCUT2D eigenvalue weighted by molar-refractivity contribution is -0.149. The number of carboxylic acids is 1. The minimum atomic E-state index is -0.950. The maximum Gasteiger partial charge on any atom is 0.310 e. The van der Waals surface area contributed by atoms with Gasteiger partial charge in [0.05, 0.1) is 18.1 Å². The molecule has 6 nitrogen and oxygen atoms in total. The van der Waals surface area contributed by atoms with Crippen molar-refractivity contribution in [2.45, 2.75) is 26.1 Å². The van der Waals surface area contributed by atoms with Crippen LogP contribution in [0.1, 0.15) is 11.1 Å². The normalized spacial score (nSPS) is 30.1. The number of amides is 1. The number of benzene rings is 1. The van der Waals surface area contributed by atoms with E-state index >= 15 is 0 Å². The molecule has 138 valence electrons. The highest BCUT2D eigenvalue weighted by Crippen LogP contribution is 2.40. The highest BCUT2D eigenvalue weighted by atomic mass is 16.5. The fraction of sp³-hybridized carbons (Fsp3) is 0.500. The molecule has 1 amide bonds. The van der Waals surface area contributed by atoms with Crippen LogP contribution in [-0.2, 0) is 14.3 Å². The molecule has 3 heterocycles. The Kier molecular flexibility index (Phi) is 4.23. The largest absolute Gasteiger partial charge is 0.481 e. The molecule has 0 aliphatic carbocycles. The van der Waals surface area contributed by atoms with E-state index in [2.05, 4.69) is 36.9 Å². The van der Waals surface area contributed by atoms with Crippen molar-refractivity contribution in [3.05, 3.63) is 41.5 Å².